The highest BCUT2D eigenvalue weighted by molar-refractivity contribution is 6.30. The molecule has 2 aliphatic rings. The number of hydrogen-bond donors (Lipinski definition) is 1. The van der Waals surface area contributed by atoms with Gasteiger partial charge < -0.3 is 19.1 Å². The highest BCUT2D eigenvalue weighted by Gasteiger charge is 2.30. The van der Waals surface area contributed by atoms with Crippen molar-refractivity contribution >= 4 is 28.7 Å². The lowest BCUT2D eigenvalue weighted by atomic mass is 9.88. The van der Waals surface area contributed by atoms with Crippen molar-refractivity contribution in [3.63, 3.8) is 0 Å². The van der Waals surface area contributed by atoms with Crippen LogP contribution in [-0.4, -0.2) is 50.2 Å². The quantitative estimate of drug-likeness (QED) is 0.388. The van der Waals surface area contributed by atoms with Gasteiger partial charge in [-0.2, -0.15) is 0 Å². The summed E-state index contributed by atoms with van der Waals surface area (Å²) in [6.07, 6.45) is 1.82. The van der Waals surface area contributed by atoms with Crippen LogP contribution in [0.4, 0.5) is 0 Å². The Morgan fingerprint density at radius 3 is 2.70 bits per heavy atom. The summed E-state index contributed by atoms with van der Waals surface area (Å²) < 4.78 is 14.5. The number of carboxylic acids is 1. The van der Waals surface area contributed by atoms with Crippen molar-refractivity contribution in [2.24, 2.45) is 7.05 Å². The monoisotopic (exact) mass is 518 g/mol. The molecular formula is C28H27ClN4O4. The summed E-state index contributed by atoms with van der Waals surface area (Å²) in [7, 11) is 1.89. The molecule has 0 amide bonds. The summed E-state index contributed by atoms with van der Waals surface area (Å²) in [6.45, 7) is 3.00. The van der Waals surface area contributed by atoms with Crippen LogP contribution in [0.25, 0.3) is 11.2 Å². The normalized spacial score (nSPS) is 18.3. The van der Waals surface area contributed by atoms with Gasteiger partial charge in [0.2, 0.25) is 0 Å². The number of fused-ring (bicyclic) bond motifs is 2. The molecule has 9 heteroatoms. The molecule has 1 saturated heterocycles. The van der Waals surface area contributed by atoms with Crippen LogP contribution in [0.5, 0.6) is 11.5 Å². The minimum atomic E-state index is -1.04. The van der Waals surface area contributed by atoms with Crippen molar-refractivity contribution < 1.29 is 19.4 Å². The van der Waals surface area contributed by atoms with Crippen LogP contribution in [0.2, 0.25) is 5.02 Å². The molecule has 4 heterocycles. The van der Waals surface area contributed by atoms with Gasteiger partial charge in [-0.15, -0.1) is 0 Å². The van der Waals surface area contributed by atoms with Gasteiger partial charge in [0.05, 0.1) is 6.54 Å². The highest BCUT2D eigenvalue weighted by Crippen LogP contribution is 2.44. The molecule has 0 aliphatic carbocycles. The Morgan fingerprint density at radius 1 is 1.11 bits per heavy atom. The lowest BCUT2D eigenvalue weighted by Crippen LogP contribution is -2.33. The molecule has 4 aromatic rings. The van der Waals surface area contributed by atoms with Crippen molar-refractivity contribution in [2.45, 2.75) is 31.4 Å². The molecule has 6 rings (SSSR count). The third kappa shape index (κ3) is 4.63. The van der Waals surface area contributed by atoms with E-state index >= 15 is 0 Å². The number of hydrogen-bond acceptors (Lipinski definition) is 6. The standard InChI is InChI=1S/C28H27ClN4O4/c1-32-25(30-21-8-9-22(28(34)35)31-27(21)32)15-33-12-10-17(11-13-33)20-6-3-7-23-26(20)36-16-24(37-23)18-4-2-5-19(29)14-18/h2-9,14,17,24H,10-13,15-16H2,1H3,(H,34,35). The molecule has 190 valence electrons. The fourth-order valence-corrected chi connectivity index (χ4v) is 5.49. The molecule has 1 atom stereocenters. The summed E-state index contributed by atoms with van der Waals surface area (Å²) in [6, 6.07) is 17.1. The van der Waals surface area contributed by atoms with E-state index in [1.165, 1.54) is 11.6 Å². The van der Waals surface area contributed by atoms with Crippen molar-refractivity contribution in [1.82, 2.24) is 19.4 Å². The third-order valence-electron chi connectivity index (χ3n) is 7.30. The zero-order valence-corrected chi connectivity index (χ0v) is 21.2. The number of halogens is 1. The van der Waals surface area contributed by atoms with Crippen molar-refractivity contribution in [2.75, 3.05) is 19.7 Å². The van der Waals surface area contributed by atoms with E-state index in [4.69, 9.17) is 26.1 Å². The van der Waals surface area contributed by atoms with Crippen LogP contribution in [-0.2, 0) is 13.6 Å². The summed E-state index contributed by atoms with van der Waals surface area (Å²) >= 11 is 6.17. The first-order valence-electron chi connectivity index (χ1n) is 12.4. The van der Waals surface area contributed by atoms with Gasteiger partial charge in [0.15, 0.2) is 28.9 Å². The maximum Gasteiger partial charge on any atom is 0.354 e. The predicted octanol–water partition coefficient (Wildman–Crippen LogP) is 5.21. The summed E-state index contributed by atoms with van der Waals surface area (Å²) in [5, 5.41) is 9.94. The minimum Gasteiger partial charge on any atom is -0.485 e. The average molecular weight is 519 g/mol. The van der Waals surface area contributed by atoms with E-state index in [1.54, 1.807) is 6.07 Å². The number of imidazole rings is 1. The first-order valence-corrected chi connectivity index (χ1v) is 12.8. The van der Waals surface area contributed by atoms with E-state index in [0.717, 1.165) is 48.8 Å². The van der Waals surface area contributed by atoms with Gasteiger partial charge in [0.25, 0.3) is 0 Å². The highest BCUT2D eigenvalue weighted by atomic mass is 35.5. The molecule has 1 unspecified atom stereocenters. The Bertz CT molecular complexity index is 1480. The van der Waals surface area contributed by atoms with Crippen LogP contribution >= 0.6 is 11.6 Å². The Kier molecular flexibility index (Phi) is 6.22. The molecule has 1 fully saturated rings. The summed E-state index contributed by atoms with van der Waals surface area (Å²) in [4.78, 5) is 22.6. The fourth-order valence-electron chi connectivity index (χ4n) is 5.29. The van der Waals surface area contributed by atoms with E-state index in [9.17, 15) is 9.90 Å². The number of aromatic carboxylic acids is 1. The van der Waals surface area contributed by atoms with Gasteiger partial charge in [-0.25, -0.2) is 14.8 Å². The van der Waals surface area contributed by atoms with Gasteiger partial charge in [-0.1, -0.05) is 35.9 Å². The van der Waals surface area contributed by atoms with Gasteiger partial charge in [-0.3, -0.25) is 4.90 Å². The average Bonchev–Trinajstić information content (AvgIpc) is 3.22. The molecule has 2 aromatic carbocycles. The van der Waals surface area contributed by atoms with Crippen molar-refractivity contribution in [3.8, 4) is 11.5 Å². The van der Waals surface area contributed by atoms with E-state index in [-0.39, 0.29) is 11.8 Å². The molecule has 0 bridgehead atoms. The molecule has 2 aromatic heterocycles. The number of aryl methyl sites for hydroxylation is 1. The maximum absolute atomic E-state index is 11.3. The number of nitrogens with zero attached hydrogens (tertiary/aromatic N) is 4. The topological polar surface area (TPSA) is 89.7 Å². The van der Waals surface area contributed by atoms with Crippen LogP contribution < -0.4 is 9.47 Å². The number of rotatable bonds is 5. The zero-order valence-electron chi connectivity index (χ0n) is 20.4. The van der Waals surface area contributed by atoms with E-state index in [2.05, 4.69) is 16.0 Å². The maximum atomic E-state index is 11.3. The molecule has 0 saturated carbocycles. The fraction of sp³-hybridized carbons (Fsp3) is 0.321. The summed E-state index contributed by atoms with van der Waals surface area (Å²) in [5.41, 5.74) is 3.54. The van der Waals surface area contributed by atoms with Crippen molar-refractivity contribution in [1.29, 1.82) is 0 Å². The third-order valence-corrected chi connectivity index (χ3v) is 7.53. The number of piperidine rings is 1. The number of carbonyl (C=O) groups is 1. The summed E-state index contributed by atoms with van der Waals surface area (Å²) in [5.74, 6) is 1.87. The smallest absolute Gasteiger partial charge is 0.354 e. The number of para-hydroxylation sites is 1. The number of benzene rings is 2. The lowest BCUT2D eigenvalue weighted by Gasteiger charge is -2.34. The van der Waals surface area contributed by atoms with Crippen molar-refractivity contribution in [3.05, 3.63) is 82.3 Å². The SMILES string of the molecule is Cn1c(CN2CCC(c3cccc4c3OCC(c3cccc(Cl)c3)O4)CC2)nc2ccc(C(=O)O)nc21. The molecule has 1 N–H and O–H groups in total. The van der Waals surface area contributed by atoms with Gasteiger partial charge in [0.1, 0.15) is 17.9 Å². The number of aromatic nitrogens is 3. The Balaban J connectivity index is 1.13. The Morgan fingerprint density at radius 2 is 1.92 bits per heavy atom. The van der Waals surface area contributed by atoms with Gasteiger partial charge in [-0.05, 0) is 67.7 Å². The van der Waals surface area contributed by atoms with Crippen LogP contribution in [0.1, 0.15) is 52.3 Å². The second kappa shape index (κ2) is 9.68. The number of ether oxygens (including phenoxy) is 2. The largest absolute Gasteiger partial charge is 0.485 e. The second-order valence-corrected chi connectivity index (χ2v) is 10.1. The molecule has 8 nitrogen and oxygen atoms in total. The van der Waals surface area contributed by atoms with E-state index in [1.807, 2.05) is 48.0 Å². The minimum absolute atomic E-state index is 0.0270. The van der Waals surface area contributed by atoms with E-state index in [0.29, 0.717) is 35.3 Å². The first-order chi connectivity index (χ1) is 18.0. The lowest BCUT2D eigenvalue weighted by molar-refractivity contribution is 0.0691. The Labute approximate surface area is 219 Å². The van der Waals surface area contributed by atoms with Crippen LogP contribution in [0, 0.1) is 0 Å². The molecule has 0 radical (unpaired) electrons. The molecule has 37 heavy (non-hydrogen) atoms. The predicted molar refractivity (Wildman–Crippen MR) is 139 cm³/mol. The zero-order chi connectivity index (χ0) is 25.5. The second-order valence-electron chi connectivity index (χ2n) is 9.63. The van der Waals surface area contributed by atoms with Crippen LogP contribution in [0.15, 0.2) is 54.6 Å². The van der Waals surface area contributed by atoms with Gasteiger partial charge in [0, 0.05) is 17.6 Å². The number of pyridine rings is 1. The molecular weight excluding hydrogens is 492 g/mol. The Hall–Kier alpha value is -3.62. The number of likely N-dealkylation sites (tertiary alicyclic amines) is 1. The first kappa shape index (κ1) is 23.8. The van der Waals surface area contributed by atoms with E-state index < -0.39 is 5.97 Å². The molecule has 2 aliphatic heterocycles. The molecule has 0 spiro atoms. The van der Waals surface area contributed by atoms with Crippen LogP contribution in [0.3, 0.4) is 0 Å². The number of carboxylic acid groups (broad SMARTS) is 1. The van der Waals surface area contributed by atoms with Gasteiger partial charge >= 0.3 is 5.97 Å².